The third kappa shape index (κ3) is 6.07. The van der Waals surface area contributed by atoms with Crippen molar-refractivity contribution in [1.82, 2.24) is 9.62 Å². The van der Waals surface area contributed by atoms with Gasteiger partial charge in [-0.05, 0) is 75.0 Å². The maximum absolute atomic E-state index is 14.0. The molecule has 2 aromatic rings. The number of carbonyl (C=O) groups excluding carboxylic acids is 1. The second kappa shape index (κ2) is 9.32. The Morgan fingerprint density at radius 2 is 1.93 bits per heavy atom. The summed E-state index contributed by atoms with van der Waals surface area (Å²) in [6.45, 7) is 4.73. The van der Waals surface area contributed by atoms with Gasteiger partial charge in [-0.2, -0.15) is 0 Å². The van der Waals surface area contributed by atoms with Gasteiger partial charge < -0.3 is 10.1 Å². The van der Waals surface area contributed by atoms with Gasteiger partial charge in [-0.3, -0.25) is 4.79 Å². The van der Waals surface area contributed by atoms with Crippen LogP contribution in [0.25, 0.3) is 0 Å². The van der Waals surface area contributed by atoms with E-state index in [-0.39, 0.29) is 28.5 Å². The number of carbonyl (C=O) groups is 1. The molecule has 1 N–H and O–H groups in total. The van der Waals surface area contributed by atoms with Crippen molar-refractivity contribution in [3.8, 4) is 5.75 Å². The van der Waals surface area contributed by atoms with Crippen LogP contribution in [-0.2, 0) is 4.79 Å². The molecule has 1 aliphatic heterocycles. The van der Waals surface area contributed by atoms with Gasteiger partial charge in [0, 0.05) is 29.0 Å². The van der Waals surface area contributed by atoms with Crippen LogP contribution < -0.4 is 10.1 Å². The topological polar surface area (TPSA) is 41.6 Å². The SMILES string of the molecule is CC(C)(Oc1ccc(Cl)cc1F)C(=O)NC1CCN(Sc2cccc(F)c2)CC1. The first-order chi connectivity index (χ1) is 13.7. The summed E-state index contributed by atoms with van der Waals surface area (Å²) in [5, 5.41) is 3.26. The highest BCUT2D eigenvalue weighted by Gasteiger charge is 2.33. The molecule has 4 nitrogen and oxygen atoms in total. The minimum Gasteiger partial charge on any atom is -0.475 e. The van der Waals surface area contributed by atoms with Gasteiger partial charge in [0.05, 0.1) is 0 Å². The molecule has 8 heteroatoms. The summed E-state index contributed by atoms with van der Waals surface area (Å²) in [5.74, 6) is -1.18. The standard InChI is InChI=1S/C21H23ClF2N2O2S/c1-21(2,28-19-7-6-14(22)12-18(19)24)20(27)25-16-8-10-26(11-9-16)29-17-5-3-4-15(23)13-17/h3-7,12-13,16H,8-11H2,1-2H3,(H,25,27). The average molecular weight is 441 g/mol. The van der Waals surface area contributed by atoms with Gasteiger partial charge >= 0.3 is 0 Å². The van der Waals surface area contributed by atoms with Crippen LogP contribution in [0, 0.1) is 11.6 Å². The van der Waals surface area contributed by atoms with Gasteiger partial charge in [0.1, 0.15) is 5.82 Å². The van der Waals surface area contributed by atoms with E-state index in [1.165, 1.54) is 36.2 Å². The van der Waals surface area contributed by atoms with Gasteiger partial charge in [-0.1, -0.05) is 17.7 Å². The molecular formula is C21H23ClF2N2O2S. The Bertz CT molecular complexity index is 874. The van der Waals surface area contributed by atoms with Crippen molar-refractivity contribution in [3.63, 3.8) is 0 Å². The molecule has 0 radical (unpaired) electrons. The van der Waals surface area contributed by atoms with Crippen LogP contribution in [0.4, 0.5) is 8.78 Å². The number of rotatable bonds is 6. The van der Waals surface area contributed by atoms with Crippen LogP contribution in [0.1, 0.15) is 26.7 Å². The number of nitrogens with one attached hydrogen (secondary N) is 1. The smallest absolute Gasteiger partial charge is 0.263 e. The lowest BCUT2D eigenvalue weighted by atomic mass is 10.0. The van der Waals surface area contributed by atoms with Gasteiger partial charge in [0.15, 0.2) is 17.2 Å². The van der Waals surface area contributed by atoms with Crippen molar-refractivity contribution in [1.29, 1.82) is 0 Å². The average Bonchev–Trinajstić information content (AvgIpc) is 2.65. The largest absolute Gasteiger partial charge is 0.475 e. The molecule has 0 saturated carbocycles. The fourth-order valence-corrected chi connectivity index (χ4v) is 4.16. The van der Waals surface area contributed by atoms with Crippen molar-refractivity contribution in [2.45, 2.75) is 43.2 Å². The minimum atomic E-state index is -1.23. The first kappa shape index (κ1) is 21.9. The molecule has 0 aromatic heterocycles. The van der Waals surface area contributed by atoms with Crippen molar-refractivity contribution in [2.75, 3.05) is 13.1 Å². The lowest BCUT2D eigenvalue weighted by molar-refractivity contribution is -0.135. The number of nitrogens with zero attached hydrogens (tertiary/aromatic N) is 1. The van der Waals surface area contributed by atoms with E-state index < -0.39 is 11.4 Å². The zero-order valence-electron chi connectivity index (χ0n) is 16.3. The van der Waals surface area contributed by atoms with Gasteiger partial charge in [0.25, 0.3) is 5.91 Å². The van der Waals surface area contributed by atoms with Crippen LogP contribution in [0.2, 0.25) is 5.02 Å². The van der Waals surface area contributed by atoms with Crippen LogP contribution in [0.15, 0.2) is 47.4 Å². The quantitative estimate of drug-likeness (QED) is 0.637. The highest BCUT2D eigenvalue weighted by Crippen LogP contribution is 2.28. The monoisotopic (exact) mass is 440 g/mol. The molecule has 0 spiro atoms. The number of halogens is 3. The van der Waals surface area contributed by atoms with Gasteiger partial charge in [-0.25, -0.2) is 13.1 Å². The zero-order chi connectivity index (χ0) is 21.0. The van der Waals surface area contributed by atoms with E-state index in [1.54, 1.807) is 19.9 Å². The molecular weight excluding hydrogens is 418 g/mol. The second-order valence-electron chi connectivity index (χ2n) is 7.41. The third-order valence-electron chi connectivity index (χ3n) is 4.63. The number of hydrogen-bond acceptors (Lipinski definition) is 4. The highest BCUT2D eigenvalue weighted by molar-refractivity contribution is 7.97. The molecule has 156 valence electrons. The molecule has 1 aliphatic rings. The Kier molecular flexibility index (Phi) is 7.03. The van der Waals surface area contributed by atoms with Gasteiger partial charge in [0.2, 0.25) is 0 Å². The lowest BCUT2D eigenvalue weighted by Crippen LogP contribution is -2.52. The van der Waals surface area contributed by atoms with Gasteiger partial charge in [-0.15, -0.1) is 0 Å². The lowest BCUT2D eigenvalue weighted by Gasteiger charge is -2.33. The van der Waals surface area contributed by atoms with E-state index in [1.807, 2.05) is 6.07 Å². The van der Waals surface area contributed by atoms with E-state index in [0.717, 1.165) is 36.9 Å². The Morgan fingerprint density at radius 3 is 2.59 bits per heavy atom. The molecule has 29 heavy (non-hydrogen) atoms. The summed E-state index contributed by atoms with van der Waals surface area (Å²) < 4.78 is 35.1. The molecule has 1 amide bonds. The first-order valence-electron chi connectivity index (χ1n) is 9.36. The number of hydrogen-bond donors (Lipinski definition) is 1. The third-order valence-corrected chi connectivity index (χ3v) is 5.95. The first-order valence-corrected chi connectivity index (χ1v) is 10.5. The molecule has 0 unspecified atom stereocenters. The second-order valence-corrected chi connectivity index (χ2v) is 9.02. The number of benzene rings is 2. The van der Waals surface area contributed by atoms with E-state index >= 15 is 0 Å². The van der Waals surface area contributed by atoms with Crippen molar-refractivity contribution >= 4 is 29.5 Å². The molecule has 2 aromatic carbocycles. The number of piperidine rings is 1. The zero-order valence-corrected chi connectivity index (χ0v) is 17.8. The summed E-state index contributed by atoms with van der Waals surface area (Å²) in [6.07, 6.45) is 1.53. The number of ether oxygens (including phenoxy) is 1. The van der Waals surface area contributed by atoms with E-state index in [4.69, 9.17) is 16.3 Å². The predicted molar refractivity (Wildman–Crippen MR) is 111 cm³/mol. The molecule has 1 saturated heterocycles. The normalized spacial score (nSPS) is 15.9. The summed E-state index contributed by atoms with van der Waals surface area (Å²) >= 11 is 7.26. The maximum atomic E-state index is 14.0. The molecule has 3 rings (SSSR count). The van der Waals surface area contributed by atoms with E-state index in [2.05, 4.69) is 9.62 Å². The molecule has 1 fully saturated rings. The predicted octanol–water partition coefficient (Wildman–Crippen LogP) is 5.06. The molecule has 0 atom stereocenters. The summed E-state index contributed by atoms with van der Waals surface area (Å²) in [7, 11) is 0. The highest BCUT2D eigenvalue weighted by atomic mass is 35.5. The Hall–Kier alpha value is -1.83. The van der Waals surface area contributed by atoms with Crippen LogP contribution >= 0.6 is 23.5 Å². The Balaban J connectivity index is 1.50. The molecule has 0 aliphatic carbocycles. The fraction of sp³-hybridized carbons (Fsp3) is 0.381. The minimum absolute atomic E-state index is 0.00444. The van der Waals surface area contributed by atoms with E-state index in [9.17, 15) is 13.6 Å². The van der Waals surface area contributed by atoms with Crippen LogP contribution in [0.3, 0.4) is 0 Å². The summed E-state index contributed by atoms with van der Waals surface area (Å²) in [4.78, 5) is 13.5. The fourth-order valence-electron chi connectivity index (χ4n) is 3.00. The molecule has 0 bridgehead atoms. The van der Waals surface area contributed by atoms with Crippen LogP contribution in [0.5, 0.6) is 5.75 Å². The Morgan fingerprint density at radius 1 is 1.21 bits per heavy atom. The van der Waals surface area contributed by atoms with E-state index in [0.29, 0.717) is 0 Å². The summed E-state index contributed by atoms with van der Waals surface area (Å²) in [6, 6.07) is 10.6. The maximum Gasteiger partial charge on any atom is 0.263 e. The number of amides is 1. The van der Waals surface area contributed by atoms with Crippen molar-refractivity contribution < 1.29 is 18.3 Å². The Labute approximate surface area is 178 Å². The summed E-state index contributed by atoms with van der Waals surface area (Å²) in [5.41, 5.74) is -1.23. The molecule has 1 heterocycles. The van der Waals surface area contributed by atoms with Crippen molar-refractivity contribution in [2.24, 2.45) is 0 Å². The van der Waals surface area contributed by atoms with Crippen LogP contribution in [-0.4, -0.2) is 34.9 Å². The van der Waals surface area contributed by atoms with Crippen molar-refractivity contribution in [3.05, 3.63) is 59.1 Å².